The standard InChI is InChI=1S/C15H25NO4S/c1-10(16-21(2,18)19)9-20-14(17)15-6-11-3-12(7-15)5-13(4-11)8-15/h10-13,16H,3-9H2,1-2H3. The molecular weight excluding hydrogens is 290 g/mol. The van der Waals surface area contributed by atoms with Gasteiger partial charge in [0.15, 0.2) is 0 Å². The number of nitrogens with one attached hydrogen (secondary N) is 1. The molecule has 4 rings (SSSR count). The maximum absolute atomic E-state index is 12.6. The largest absolute Gasteiger partial charge is 0.464 e. The van der Waals surface area contributed by atoms with E-state index in [1.807, 2.05) is 0 Å². The highest BCUT2D eigenvalue weighted by Gasteiger charge is 2.55. The molecule has 21 heavy (non-hydrogen) atoms. The van der Waals surface area contributed by atoms with Crippen LogP contribution in [-0.2, 0) is 19.6 Å². The van der Waals surface area contributed by atoms with Gasteiger partial charge < -0.3 is 4.74 Å². The molecule has 4 aliphatic carbocycles. The van der Waals surface area contributed by atoms with Crippen molar-refractivity contribution in [2.75, 3.05) is 12.9 Å². The first-order chi connectivity index (χ1) is 9.76. The van der Waals surface area contributed by atoms with E-state index in [-0.39, 0.29) is 24.0 Å². The van der Waals surface area contributed by atoms with Crippen LogP contribution in [0.4, 0.5) is 0 Å². The molecule has 5 nitrogen and oxygen atoms in total. The molecule has 0 aromatic heterocycles. The minimum Gasteiger partial charge on any atom is -0.464 e. The summed E-state index contributed by atoms with van der Waals surface area (Å²) < 4.78 is 30.2. The number of carbonyl (C=O) groups excluding carboxylic acids is 1. The number of carbonyl (C=O) groups is 1. The van der Waals surface area contributed by atoms with Gasteiger partial charge in [-0.15, -0.1) is 0 Å². The quantitative estimate of drug-likeness (QED) is 0.784. The molecule has 120 valence electrons. The smallest absolute Gasteiger partial charge is 0.312 e. The monoisotopic (exact) mass is 315 g/mol. The highest BCUT2D eigenvalue weighted by atomic mass is 32.2. The van der Waals surface area contributed by atoms with E-state index in [2.05, 4.69) is 4.72 Å². The summed E-state index contributed by atoms with van der Waals surface area (Å²) in [6.45, 7) is 1.83. The Labute approximate surface area is 126 Å². The van der Waals surface area contributed by atoms with Crippen LogP contribution in [-0.4, -0.2) is 33.3 Å². The highest BCUT2D eigenvalue weighted by Crippen LogP contribution is 2.60. The summed E-state index contributed by atoms with van der Waals surface area (Å²) in [5, 5.41) is 0. The van der Waals surface area contributed by atoms with Gasteiger partial charge in [-0.05, 0) is 63.2 Å². The number of ether oxygens (including phenoxy) is 1. The molecule has 4 aliphatic rings. The molecule has 6 heteroatoms. The second-order valence-corrected chi connectivity index (χ2v) is 9.37. The van der Waals surface area contributed by atoms with Crippen molar-refractivity contribution in [2.24, 2.45) is 23.2 Å². The highest BCUT2D eigenvalue weighted by molar-refractivity contribution is 7.88. The maximum Gasteiger partial charge on any atom is 0.312 e. The Morgan fingerprint density at radius 1 is 1.19 bits per heavy atom. The van der Waals surface area contributed by atoms with E-state index in [1.165, 1.54) is 19.3 Å². The SMILES string of the molecule is CC(COC(=O)C12CC3CC(CC(C3)C1)C2)NS(C)(=O)=O. The van der Waals surface area contributed by atoms with E-state index >= 15 is 0 Å². The molecule has 4 saturated carbocycles. The Kier molecular flexibility index (Phi) is 3.81. The van der Waals surface area contributed by atoms with Gasteiger partial charge in [-0.25, -0.2) is 13.1 Å². The third kappa shape index (κ3) is 3.26. The zero-order valence-electron chi connectivity index (χ0n) is 12.8. The fraction of sp³-hybridized carbons (Fsp3) is 0.933. The van der Waals surface area contributed by atoms with E-state index < -0.39 is 10.0 Å². The van der Waals surface area contributed by atoms with E-state index in [4.69, 9.17) is 4.74 Å². The first-order valence-electron chi connectivity index (χ1n) is 7.90. The van der Waals surface area contributed by atoms with Gasteiger partial charge >= 0.3 is 5.97 Å². The van der Waals surface area contributed by atoms with Crippen LogP contribution in [0.1, 0.15) is 45.4 Å². The lowest BCUT2D eigenvalue weighted by Crippen LogP contribution is -2.51. The van der Waals surface area contributed by atoms with Crippen LogP contribution in [0.5, 0.6) is 0 Å². The Hall–Kier alpha value is -0.620. The third-order valence-electron chi connectivity index (χ3n) is 5.35. The zero-order chi connectivity index (χ0) is 15.3. The molecule has 4 bridgehead atoms. The molecule has 0 heterocycles. The van der Waals surface area contributed by atoms with Crippen LogP contribution in [0.2, 0.25) is 0 Å². The number of hydrogen-bond donors (Lipinski definition) is 1. The average Bonchev–Trinajstić information content (AvgIpc) is 2.32. The summed E-state index contributed by atoms with van der Waals surface area (Å²) in [6.07, 6.45) is 7.92. The van der Waals surface area contributed by atoms with E-state index in [9.17, 15) is 13.2 Å². The first-order valence-corrected chi connectivity index (χ1v) is 9.79. The topological polar surface area (TPSA) is 72.5 Å². The summed E-state index contributed by atoms with van der Waals surface area (Å²) in [6, 6.07) is -0.377. The fourth-order valence-corrected chi connectivity index (χ4v) is 5.91. The van der Waals surface area contributed by atoms with Gasteiger partial charge in [0.1, 0.15) is 6.61 Å². The molecule has 0 aromatic rings. The van der Waals surface area contributed by atoms with Gasteiger partial charge in [0, 0.05) is 0 Å². The van der Waals surface area contributed by atoms with Gasteiger partial charge in [0.2, 0.25) is 10.0 Å². The molecule has 0 saturated heterocycles. The molecule has 0 radical (unpaired) electrons. The lowest BCUT2D eigenvalue weighted by atomic mass is 9.49. The minimum absolute atomic E-state index is 0.0937. The van der Waals surface area contributed by atoms with Gasteiger partial charge in [-0.1, -0.05) is 0 Å². The fourth-order valence-electron chi connectivity index (χ4n) is 5.11. The minimum atomic E-state index is -3.26. The van der Waals surface area contributed by atoms with Crippen molar-refractivity contribution in [3.8, 4) is 0 Å². The molecule has 1 unspecified atom stereocenters. The Balaban J connectivity index is 1.58. The van der Waals surface area contributed by atoms with Crippen LogP contribution >= 0.6 is 0 Å². The van der Waals surface area contributed by atoms with Crippen molar-refractivity contribution in [1.29, 1.82) is 0 Å². The molecular formula is C15H25NO4S. The van der Waals surface area contributed by atoms with Gasteiger partial charge in [0.25, 0.3) is 0 Å². The molecule has 1 N–H and O–H groups in total. The van der Waals surface area contributed by atoms with Crippen LogP contribution in [0, 0.1) is 23.2 Å². The second-order valence-electron chi connectivity index (χ2n) is 7.59. The summed E-state index contributed by atoms with van der Waals surface area (Å²) in [7, 11) is -3.26. The number of rotatable bonds is 5. The molecule has 1 atom stereocenters. The summed E-state index contributed by atoms with van der Waals surface area (Å²) in [5.74, 6) is 2.02. The maximum atomic E-state index is 12.6. The normalized spacial score (nSPS) is 39.2. The van der Waals surface area contributed by atoms with E-state index in [1.54, 1.807) is 6.92 Å². The molecule has 0 aromatic carbocycles. The van der Waals surface area contributed by atoms with Crippen molar-refractivity contribution >= 4 is 16.0 Å². The first kappa shape index (κ1) is 15.3. The van der Waals surface area contributed by atoms with Crippen molar-refractivity contribution < 1.29 is 17.9 Å². The Morgan fingerprint density at radius 3 is 2.10 bits per heavy atom. The van der Waals surface area contributed by atoms with Crippen LogP contribution in [0.15, 0.2) is 0 Å². The average molecular weight is 315 g/mol. The van der Waals surface area contributed by atoms with Crippen molar-refractivity contribution in [2.45, 2.75) is 51.5 Å². The third-order valence-corrected chi connectivity index (χ3v) is 6.18. The Bertz CT molecular complexity index is 493. The summed E-state index contributed by atoms with van der Waals surface area (Å²) >= 11 is 0. The van der Waals surface area contributed by atoms with Crippen molar-refractivity contribution in [3.05, 3.63) is 0 Å². The Morgan fingerprint density at radius 2 is 1.67 bits per heavy atom. The van der Waals surface area contributed by atoms with Gasteiger partial charge in [-0.2, -0.15) is 0 Å². The molecule has 0 aliphatic heterocycles. The lowest BCUT2D eigenvalue weighted by molar-refractivity contribution is -0.172. The molecule has 0 amide bonds. The van der Waals surface area contributed by atoms with Gasteiger partial charge in [0.05, 0.1) is 17.7 Å². The summed E-state index contributed by atoms with van der Waals surface area (Å²) in [4.78, 5) is 12.6. The van der Waals surface area contributed by atoms with Crippen molar-refractivity contribution in [1.82, 2.24) is 4.72 Å². The van der Waals surface area contributed by atoms with Crippen LogP contribution in [0.3, 0.4) is 0 Å². The predicted octanol–water partition coefficient (Wildman–Crippen LogP) is 1.68. The van der Waals surface area contributed by atoms with E-state index in [0.717, 1.165) is 25.5 Å². The second kappa shape index (κ2) is 5.23. The van der Waals surface area contributed by atoms with Crippen LogP contribution in [0.25, 0.3) is 0 Å². The van der Waals surface area contributed by atoms with Gasteiger partial charge in [-0.3, -0.25) is 4.79 Å². The number of sulfonamides is 1. The predicted molar refractivity (Wildman–Crippen MR) is 79.0 cm³/mol. The van der Waals surface area contributed by atoms with E-state index in [0.29, 0.717) is 17.8 Å². The molecule has 0 spiro atoms. The lowest BCUT2D eigenvalue weighted by Gasteiger charge is -2.55. The molecule has 4 fully saturated rings. The summed E-state index contributed by atoms with van der Waals surface area (Å²) in [5.41, 5.74) is -0.264. The number of hydrogen-bond acceptors (Lipinski definition) is 4. The number of esters is 1. The zero-order valence-corrected chi connectivity index (χ0v) is 13.6. The van der Waals surface area contributed by atoms with Crippen LogP contribution < -0.4 is 4.72 Å². The van der Waals surface area contributed by atoms with Crippen molar-refractivity contribution in [3.63, 3.8) is 0 Å².